The lowest BCUT2D eigenvalue weighted by Crippen LogP contribution is -2.33. The van der Waals surface area contributed by atoms with E-state index in [0.29, 0.717) is 32.3 Å². The van der Waals surface area contributed by atoms with Crippen molar-refractivity contribution in [3.63, 3.8) is 0 Å². The minimum Gasteiger partial charge on any atom is -0.493 e. The van der Waals surface area contributed by atoms with Crippen molar-refractivity contribution in [2.45, 2.75) is 26.5 Å². The Morgan fingerprint density at radius 2 is 1.75 bits per heavy atom. The molecule has 0 aromatic heterocycles. The molecule has 0 aliphatic rings. The predicted octanol–water partition coefficient (Wildman–Crippen LogP) is 3.51. The summed E-state index contributed by atoms with van der Waals surface area (Å²) in [6.45, 7) is 4.48. The maximum absolute atomic E-state index is 6.00. The Labute approximate surface area is 184 Å². The first-order chi connectivity index (χ1) is 13.2. The van der Waals surface area contributed by atoms with Gasteiger partial charge in [-0.2, -0.15) is 0 Å². The van der Waals surface area contributed by atoms with E-state index in [9.17, 15) is 0 Å². The number of nitrogens with two attached hydrogens (primary N) is 1. The van der Waals surface area contributed by atoms with Crippen LogP contribution in [0.4, 0.5) is 0 Å². The van der Waals surface area contributed by atoms with Crippen LogP contribution in [0.5, 0.6) is 11.5 Å². The zero-order chi connectivity index (χ0) is 19.5. The molecular formula is C21H30IN3O3. The number of hydrogen-bond donors (Lipinski definition) is 2. The number of nitrogens with one attached hydrogen (secondary N) is 1. The SMILES string of the molecule is CCOCc1ccccc1CN=C(N)NCCc1ccc(OC)c(OC)c1.I. The molecule has 0 heterocycles. The second-order valence-corrected chi connectivity index (χ2v) is 5.97. The molecule has 154 valence electrons. The normalized spacial score (nSPS) is 10.9. The number of hydrogen-bond acceptors (Lipinski definition) is 4. The van der Waals surface area contributed by atoms with Gasteiger partial charge in [0, 0.05) is 13.2 Å². The molecule has 7 heteroatoms. The van der Waals surface area contributed by atoms with Gasteiger partial charge in [-0.1, -0.05) is 30.3 Å². The van der Waals surface area contributed by atoms with Crippen molar-refractivity contribution < 1.29 is 14.2 Å². The van der Waals surface area contributed by atoms with Gasteiger partial charge < -0.3 is 25.3 Å². The van der Waals surface area contributed by atoms with Crippen molar-refractivity contribution in [2.75, 3.05) is 27.4 Å². The maximum atomic E-state index is 6.00. The van der Waals surface area contributed by atoms with Crippen LogP contribution in [-0.4, -0.2) is 33.3 Å². The summed E-state index contributed by atoms with van der Waals surface area (Å²) in [5.41, 5.74) is 9.40. The minimum atomic E-state index is 0. The summed E-state index contributed by atoms with van der Waals surface area (Å²) in [6, 6.07) is 14.0. The van der Waals surface area contributed by atoms with E-state index in [1.54, 1.807) is 14.2 Å². The molecule has 0 unspecified atom stereocenters. The molecule has 3 N–H and O–H groups in total. The van der Waals surface area contributed by atoms with Crippen LogP contribution in [0, 0.1) is 0 Å². The van der Waals surface area contributed by atoms with Crippen molar-refractivity contribution >= 4 is 29.9 Å². The maximum Gasteiger partial charge on any atom is 0.188 e. The first kappa shape index (κ1) is 24.0. The van der Waals surface area contributed by atoms with E-state index in [1.807, 2.05) is 37.3 Å². The monoisotopic (exact) mass is 499 g/mol. The molecule has 0 bridgehead atoms. The lowest BCUT2D eigenvalue weighted by atomic mass is 10.1. The summed E-state index contributed by atoms with van der Waals surface area (Å²) in [4.78, 5) is 4.44. The highest BCUT2D eigenvalue weighted by atomic mass is 127. The van der Waals surface area contributed by atoms with Gasteiger partial charge in [0.25, 0.3) is 0 Å². The summed E-state index contributed by atoms with van der Waals surface area (Å²) in [5.74, 6) is 1.88. The van der Waals surface area contributed by atoms with Gasteiger partial charge >= 0.3 is 0 Å². The third-order valence-corrected chi connectivity index (χ3v) is 4.17. The number of halogens is 1. The third-order valence-electron chi connectivity index (χ3n) is 4.17. The van der Waals surface area contributed by atoms with Gasteiger partial charge in [-0.25, -0.2) is 4.99 Å². The number of aliphatic imine (C=N–C) groups is 1. The van der Waals surface area contributed by atoms with E-state index < -0.39 is 0 Å². The topological polar surface area (TPSA) is 78.1 Å². The number of guanidine groups is 1. The predicted molar refractivity (Wildman–Crippen MR) is 124 cm³/mol. The van der Waals surface area contributed by atoms with Crippen LogP contribution in [0.3, 0.4) is 0 Å². The van der Waals surface area contributed by atoms with Gasteiger partial charge in [0.2, 0.25) is 0 Å². The molecule has 2 aromatic rings. The Balaban J connectivity index is 0.00000392. The Morgan fingerprint density at radius 1 is 1.04 bits per heavy atom. The van der Waals surface area contributed by atoms with Crippen LogP contribution in [-0.2, 0) is 24.3 Å². The average Bonchev–Trinajstić information content (AvgIpc) is 2.71. The molecule has 2 rings (SSSR count). The molecule has 0 saturated carbocycles. The van der Waals surface area contributed by atoms with Crippen LogP contribution in [0.25, 0.3) is 0 Å². The number of nitrogens with zero attached hydrogens (tertiary/aromatic N) is 1. The lowest BCUT2D eigenvalue weighted by Gasteiger charge is -2.11. The van der Waals surface area contributed by atoms with Gasteiger partial charge in [0.1, 0.15) is 0 Å². The zero-order valence-electron chi connectivity index (χ0n) is 16.7. The lowest BCUT2D eigenvalue weighted by molar-refractivity contribution is 0.133. The molecule has 0 radical (unpaired) electrons. The van der Waals surface area contributed by atoms with Crippen LogP contribution >= 0.6 is 24.0 Å². The molecule has 6 nitrogen and oxygen atoms in total. The Hall–Kier alpha value is -2.00. The van der Waals surface area contributed by atoms with Gasteiger partial charge in [-0.3, -0.25) is 0 Å². The van der Waals surface area contributed by atoms with Crippen LogP contribution in [0.2, 0.25) is 0 Å². The highest BCUT2D eigenvalue weighted by Crippen LogP contribution is 2.27. The largest absolute Gasteiger partial charge is 0.493 e. The molecule has 0 aliphatic heterocycles. The molecule has 0 fully saturated rings. The van der Waals surface area contributed by atoms with Crippen molar-refractivity contribution in [1.29, 1.82) is 0 Å². The first-order valence-electron chi connectivity index (χ1n) is 9.07. The molecule has 0 atom stereocenters. The Bertz CT molecular complexity index is 753. The summed E-state index contributed by atoms with van der Waals surface area (Å²) >= 11 is 0. The van der Waals surface area contributed by atoms with E-state index in [1.165, 1.54) is 0 Å². The second-order valence-electron chi connectivity index (χ2n) is 5.97. The van der Waals surface area contributed by atoms with Gasteiger partial charge in [0.15, 0.2) is 17.5 Å². The van der Waals surface area contributed by atoms with E-state index in [4.69, 9.17) is 19.9 Å². The van der Waals surface area contributed by atoms with Gasteiger partial charge in [-0.15, -0.1) is 24.0 Å². The van der Waals surface area contributed by atoms with Crippen LogP contribution < -0.4 is 20.5 Å². The Kier molecular flexibility index (Phi) is 11.4. The number of ether oxygens (including phenoxy) is 3. The second kappa shape index (κ2) is 13.2. The van der Waals surface area contributed by atoms with E-state index in [-0.39, 0.29) is 24.0 Å². The van der Waals surface area contributed by atoms with E-state index in [2.05, 4.69) is 22.4 Å². The Morgan fingerprint density at radius 3 is 2.43 bits per heavy atom. The quantitative estimate of drug-likeness (QED) is 0.297. The summed E-state index contributed by atoms with van der Waals surface area (Å²) in [5, 5.41) is 3.15. The average molecular weight is 499 g/mol. The molecule has 0 spiro atoms. The summed E-state index contributed by atoms with van der Waals surface area (Å²) in [6.07, 6.45) is 0.803. The smallest absolute Gasteiger partial charge is 0.188 e. The fourth-order valence-corrected chi connectivity index (χ4v) is 2.66. The van der Waals surface area contributed by atoms with Gasteiger partial charge in [0.05, 0.1) is 27.4 Å². The molecule has 0 saturated heterocycles. The molecule has 28 heavy (non-hydrogen) atoms. The fourth-order valence-electron chi connectivity index (χ4n) is 2.66. The standard InChI is InChI=1S/C21H29N3O3.HI/c1-4-27-15-18-8-6-5-7-17(18)14-24-21(22)23-12-11-16-9-10-19(25-2)20(13-16)26-3;/h5-10,13H,4,11-12,14-15H2,1-3H3,(H3,22,23,24);1H. The van der Waals surface area contributed by atoms with Crippen molar-refractivity contribution in [1.82, 2.24) is 5.32 Å². The summed E-state index contributed by atoms with van der Waals surface area (Å²) < 4.78 is 16.1. The molecule has 0 amide bonds. The zero-order valence-corrected chi connectivity index (χ0v) is 19.1. The van der Waals surface area contributed by atoms with Crippen LogP contribution in [0.1, 0.15) is 23.6 Å². The molecule has 0 aliphatic carbocycles. The fraction of sp³-hybridized carbons (Fsp3) is 0.381. The van der Waals surface area contributed by atoms with E-state index in [0.717, 1.165) is 34.6 Å². The third kappa shape index (κ3) is 7.55. The molecule has 2 aromatic carbocycles. The van der Waals surface area contributed by atoms with Crippen LogP contribution in [0.15, 0.2) is 47.5 Å². The minimum absolute atomic E-state index is 0. The number of rotatable bonds is 10. The van der Waals surface area contributed by atoms with Crippen molar-refractivity contribution in [2.24, 2.45) is 10.7 Å². The van der Waals surface area contributed by atoms with Crippen molar-refractivity contribution in [3.8, 4) is 11.5 Å². The first-order valence-corrected chi connectivity index (χ1v) is 9.07. The summed E-state index contributed by atoms with van der Waals surface area (Å²) in [7, 11) is 3.26. The number of methoxy groups -OCH3 is 2. The molecular weight excluding hydrogens is 469 g/mol. The highest BCUT2D eigenvalue weighted by Gasteiger charge is 2.05. The van der Waals surface area contributed by atoms with Gasteiger partial charge in [-0.05, 0) is 42.2 Å². The number of benzene rings is 2. The van der Waals surface area contributed by atoms with Crippen molar-refractivity contribution in [3.05, 3.63) is 59.2 Å². The highest BCUT2D eigenvalue weighted by molar-refractivity contribution is 14.0. The van der Waals surface area contributed by atoms with E-state index >= 15 is 0 Å².